The van der Waals surface area contributed by atoms with E-state index in [4.69, 9.17) is 0 Å². The second kappa shape index (κ2) is 25.0. The lowest BCUT2D eigenvalue weighted by Crippen LogP contribution is -2.56. The minimum atomic E-state index is -2.63. The van der Waals surface area contributed by atoms with E-state index >= 15 is 0 Å². The topological polar surface area (TPSA) is 94.8 Å². The minimum absolute atomic E-state index is 0.0226. The number of ketones is 2. The maximum absolute atomic E-state index is 12.5. The Kier molecular flexibility index (Phi) is 23.4. The van der Waals surface area contributed by atoms with Crippen LogP contribution in [0.3, 0.4) is 0 Å². The van der Waals surface area contributed by atoms with Crippen molar-refractivity contribution in [2.45, 2.75) is 115 Å². The first kappa shape index (κ1) is 35.7. The van der Waals surface area contributed by atoms with Crippen molar-refractivity contribution in [2.75, 3.05) is 6.61 Å². The number of hydrogen-bond acceptors (Lipinski definition) is 5. The first-order valence-electron chi connectivity index (χ1n) is 14.5. The molecule has 0 saturated heterocycles. The van der Waals surface area contributed by atoms with Gasteiger partial charge in [-0.2, -0.15) is 0 Å². The molecule has 0 heterocycles. The molecular weight excluding hydrogens is 476 g/mol. The molecule has 0 aliphatic carbocycles. The van der Waals surface area contributed by atoms with Gasteiger partial charge < -0.3 is 15.3 Å². The third kappa shape index (κ3) is 17.2. The second-order valence-corrected chi connectivity index (χ2v) is 9.65. The zero-order valence-corrected chi connectivity index (χ0v) is 23.8. The summed E-state index contributed by atoms with van der Waals surface area (Å²) in [6.07, 6.45) is 34.3. The Morgan fingerprint density at radius 3 is 1.63 bits per heavy atom. The Balaban J connectivity index is 4.43. The van der Waals surface area contributed by atoms with E-state index < -0.39 is 29.9 Å². The Hall–Kier alpha value is -2.34. The van der Waals surface area contributed by atoms with E-state index in [-0.39, 0.29) is 6.42 Å². The zero-order chi connectivity index (χ0) is 28.3. The molecule has 0 aromatic rings. The van der Waals surface area contributed by atoms with Crippen LogP contribution in [0.5, 0.6) is 0 Å². The van der Waals surface area contributed by atoms with Gasteiger partial charge in [0.15, 0.2) is 11.6 Å². The molecule has 0 aromatic carbocycles. The number of Topliss-reactive ketones (excluding diaryl/α,β-unsaturated/α-hetero) is 1. The Bertz CT molecular complexity index is 787. The summed E-state index contributed by atoms with van der Waals surface area (Å²) < 4.78 is 0. The maximum Gasteiger partial charge on any atom is 0.213 e. The molecule has 5 heteroatoms. The van der Waals surface area contributed by atoms with E-state index in [2.05, 4.69) is 26.0 Å². The highest BCUT2D eigenvalue weighted by Crippen LogP contribution is 2.19. The SMILES string of the molecule is CCCCCCCCCC=CC=CC=CC=CC=CC=CC(=O)C(O)(C(=O)CCCCCCC)C(O)CO. The molecule has 0 rings (SSSR count). The van der Waals surface area contributed by atoms with E-state index in [1.165, 1.54) is 51.0 Å². The summed E-state index contributed by atoms with van der Waals surface area (Å²) in [6, 6.07) is 0. The van der Waals surface area contributed by atoms with Gasteiger partial charge in [0.2, 0.25) is 5.60 Å². The number of unbranched alkanes of at least 4 members (excludes halogenated alkanes) is 11. The number of aliphatic hydroxyl groups is 3. The van der Waals surface area contributed by atoms with Crippen LogP contribution in [0.1, 0.15) is 104 Å². The summed E-state index contributed by atoms with van der Waals surface area (Å²) >= 11 is 0. The van der Waals surface area contributed by atoms with Crippen molar-refractivity contribution in [3.63, 3.8) is 0 Å². The van der Waals surface area contributed by atoms with Gasteiger partial charge in [0.05, 0.1) is 6.61 Å². The monoisotopic (exact) mass is 528 g/mol. The third-order valence-electron chi connectivity index (χ3n) is 6.32. The van der Waals surface area contributed by atoms with Crippen molar-refractivity contribution in [1.82, 2.24) is 0 Å². The van der Waals surface area contributed by atoms with Crippen molar-refractivity contribution in [3.8, 4) is 0 Å². The van der Waals surface area contributed by atoms with Gasteiger partial charge in [0, 0.05) is 6.42 Å². The van der Waals surface area contributed by atoms with Gasteiger partial charge in [0.25, 0.3) is 0 Å². The number of carbonyl (C=O) groups is 2. The highest BCUT2D eigenvalue weighted by atomic mass is 16.4. The standard InChI is InChI=1S/C33H52O5/c1-3-5-7-9-10-11-12-13-14-15-16-17-18-19-20-21-22-24-26-28-31(36)33(38,32(37)29-34)30(35)27-25-23-8-6-4-2/h14-22,24,26,28,32,34,37-38H,3-13,23,25,27,29H2,1-2H3. The van der Waals surface area contributed by atoms with Crippen LogP contribution in [0, 0.1) is 0 Å². The molecule has 0 saturated carbocycles. The second-order valence-electron chi connectivity index (χ2n) is 9.65. The predicted molar refractivity (Wildman–Crippen MR) is 159 cm³/mol. The smallest absolute Gasteiger partial charge is 0.213 e. The average Bonchev–Trinajstić information content (AvgIpc) is 2.92. The molecule has 0 fully saturated rings. The lowest BCUT2D eigenvalue weighted by Gasteiger charge is -2.28. The van der Waals surface area contributed by atoms with Gasteiger partial charge in [-0.3, -0.25) is 9.59 Å². The molecule has 0 spiro atoms. The Morgan fingerprint density at radius 2 is 1.11 bits per heavy atom. The quantitative estimate of drug-likeness (QED) is 0.0540. The van der Waals surface area contributed by atoms with Crippen LogP contribution in [-0.4, -0.2) is 45.2 Å². The number of carbonyl (C=O) groups excluding carboxylic acids is 2. The molecule has 0 radical (unpaired) electrons. The molecule has 3 N–H and O–H groups in total. The molecule has 2 unspecified atom stereocenters. The summed E-state index contributed by atoms with van der Waals surface area (Å²) in [4.78, 5) is 25.0. The number of hydrogen-bond donors (Lipinski definition) is 3. The predicted octanol–water partition coefficient (Wildman–Crippen LogP) is 7.05. The van der Waals surface area contributed by atoms with Crippen molar-refractivity contribution >= 4 is 11.6 Å². The molecule has 0 aromatic heterocycles. The van der Waals surface area contributed by atoms with Crippen molar-refractivity contribution in [1.29, 1.82) is 0 Å². The molecule has 2 atom stereocenters. The van der Waals surface area contributed by atoms with Gasteiger partial charge in [-0.15, -0.1) is 0 Å². The minimum Gasteiger partial charge on any atom is -0.394 e. The summed E-state index contributed by atoms with van der Waals surface area (Å²) in [5.74, 6) is -1.70. The van der Waals surface area contributed by atoms with Crippen LogP contribution >= 0.6 is 0 Å². The van der Waals surface area contributed by atoms with Gasteiger partial charge in [-0.05, 0) is 25.3 Å². The lowest BCUT2D eigenvalue weighted by atomic mass is 9.84. The highest BCUT2D eigenvalue weighted by Gasteiger charge is 2.47. The Labute approximate surface area is 231 Å². The maximum atomic E-state index is 12.5. The molecule has 0 aliphatic rings. The van der Waals surface area contributed by atoms with Crippen LogP contribution in [0.15, 0.2) is 72.9 Å². The molecule has 0 aliphatic heterocycles. The van der Waals surface area contributed by atoms with Gasteiger partial charge in [-0.25, -0.2) is 0 Å². The lowest BCUT2D eigenvalue weighted by molar-refractivity contribution is -0.163. The average molecular weight is 529 g/mol. The summed E-state index contributed by atoms with van der Waals surface area (Å²) in [5.41, 5.74) is -2.63. The van der Waals surface area contributed by atoms with Crippen molar-refractivity contribution in [3.05, 3.63) is 72.9 Å². The van der Waals surface area contributed by atoms with Gasteiger partial charge in [-0.1, -0.05) is 145 Å². The fraction of sp³-hybridized carbons (Fsp3) is 0.576. The van der Waals surface area contributed by atoms with E-state index in [1.807, 2.05) is 30.4 Å². The normalized spacial score (nSPS) is 15.2. The number of allylic oxidation sites excluding steroid dienone is 11. The molecule has 0 amide bonds. The van der Waals surface area contributed by atoms with E-state index in [0.29, 0.717) is 6.42 Å². The number of rotatable bonds is 24. The van der Waals surface area contributed by atoms with Gasteiger partial charge >= 0.3 is 0 Å². The van der Waals surface area contributed by atoms with E-state index in [9.17, 15) is 24.9 Å². The van der Waals surface area contributed by atoms with Crippen LogP contribution < -0.4 is 0 Å². The van der Waals surface area contributed by atoms with E-state index in [1.54, 1.807) is 18.2 Å². The fourth-order valence-electron chi connectivity index (χ4n) is 3.88. The Morgan fingerprint density at radius 1 is 0.658 bits per heavy atom. The third-order valence-corrected chi connectivity index (χ3v) is 6.32. The van der Waals surface area contributed by atoms with Crippen LogP contribution in [0.25, 0.3) is 0 Å². The summed E-state index contributed by atoms with van der Waals surface area (Å²) in [7, 11) is 0. The molecule has 5 nitrogen and oxygen atoms in total. The van der Waals surface area contributed by atoms with E-state index in [0.717, 1.165) is 38.2 Å². The summed E-state index contributed by atoms with van der Waals surface area (Å²) in [5, 5.41) is 29.9. The van der Waals surface area contributed by atoms with Crippen molar-refractivity contribution in [2.24, 2.45) is 0 Å². The molecule has 0 bridgehead atoms. The van der Waals surface area contributed by atoms with Gasteiger partial charge in [0.1, 0.15) is 6.10 Å². The van der Waals surface area contributed by atoms with Crippen LogP contribution in [-0.2, 0) is 9.59 Å². The van der Waals surface area contributed by atoms with Crippen LogP contribution in [0.4, 0.5) is 0 Å². The first-order chi connectivity index (χ1) is 18.4. The number of aliphatic hydroxyl groups excluding tert-OH is 2. The largest absolute Gasteiger partial charge is 0.394 e. The van der Waals surface area contributed by atoms with Crippen molar-refractivity contribution < 1.29 is 24.9 Å². The molecule has 214 valence electrons. The fourth-order valence-corrected chi connectivity index (χ4v) is 3.88. The highest BCUT2D eigenvalue weighted by molar-refractivity contribution is 6.15. The first-order valence-corrected chi connectivity index (χ1v) is 14.5. The zero-order valence-electron chi connectivity index (χ0n) is 23.8. The molecular formula is C33H52O5. The molecule has 38 heavy (non-hydrogen) atoms. The van der Waals surface area contributed by atoms with Crippen LogP contribution in [0.2, 0.25) is 0 Å². The summed E-state index contributed by atoms with van der Waals surface area (Å²) in [6.45, 7) is 3.45.